The van der Waals surface area contributed by atoms with Gasteiger partial charge in [0.1, 0.15) is 0 Å². The van der Waals surface area contributed by atoms with Crippen molar-refractivity contribution >= 4 is 0 Å². The van der Waals surface area contributed by atoms with Gasteiger partial charge in [-0.1, -0.05) is 72.1 Å². The fourth-order valence-corrected chi connectivity index (χ4v) is 7.98. The van der Waals surface area contributed by atoms with Crippen LogP contribution in [0, 0.1) is 46.3 Å². The quantitative estimate of drug-likeness (QED) is 0.472. The van der Waals surface area contributed by atoms with Crippen molar-refractivity contribution < 1.29 is 0 Å². The van der Waals surface area contributed by atoms with Crippen molar-refractivity contribution in [2.75, 3.05) is 0 Å². The molecule has 0 aromatic heterocycles. The summed E-state index contributed by atoms with van der Waals surface area (Å²) in [7, 11) is 0. The second-order valence-electron chi connectivity index (χ2n) is 11.3. The van der Waals surface area contributed by atoms with Gasteiger partial charge >= 0.3 is 0 Å². The fraction of sp³-hybridized carbons (Fsp3) is 0.846. The van der Waals surface area contributed by atoms with E-state index < -0.39 is 0 Å². The van der Waals surface area contributed by atoms with Gasteiger partial charge in [-0.15, -0.1) is 0 Å². The molecule has 7 atom stereocenters. The van der Waals surface area contributed by atoms with Crippen molar-refractivity contribution in [3.8, 4) is 0 Å². The molecule has 0 heterocycles. The molecule has 0 aliphatic heterocycles. The molecular weight excluding hydrogens is 312 g/mol. The maximum Gasteiger partial charge on any atom is -0.00415 e. The van der Waals surface area contributed by atoms with Crippen LogP contribution in [0.3, 0.4) is 0 Å². The number of allylic oxidation sites excluding steroid dienone is 4. The van der Waals surface area contributed by atoms with Crippen molar-refractivity contribution in [1.82, 2.24) is 0 Å². The van der Waals surface area contributed by atoms with E-state index >= 15 is 0 Å². The molecule has 2 saturated carbocycles. The second kappa shape index (κ2) is 6.82. The summed E-state index contributed by atoms with van der Waals surface area (Å²) >= 11 is 0. The van der Waals surface area contributed by atoms with E-state index in [1.54, 1.807) is 5.57 Å². The van der Waals surface area contributed by atoms with Crippen molar-refractivity contribution in [3.63, 3.8) is 0 Å². The molecule has 0 spiro atoms. The lowest BCUT2D eigenvalue weighted by molar-refractivity contribution is -0.0102. The first-order chi connectivity index (χ1) is 12.4. The lowest BCUT2D eigenvalue weighted by Gasteiger charge is -2.51. The zero-order valence-corrected chi connectivity index (χ0v) is 18.1. The first-order valence-corrected chi connectivity index (χ1v) is 11.7. The Kier molecular flexibility index (Phi) is 4.94. The van der Waals surface area contributed by atoms with E-state index in [-0.39, 0.29) is 0 Å². The van der Waals surface area contributed by atoms with E-state index in [2.05, 4.69) is 52.8 Å². The summed E-state index contributed by atoms with van der Waals surface area (Å²) in [6.45, 7) is 12.6. The summed E-state index contributed by atoms with van der Waals surface area (Å²) in [5.74, 6) is 5.55. The number of hydrogen-bond acceptors (Lipinski definition) is 0. The lowest BCUT2D eigenvalue weighted by Crippen LogP contribution is -2.44. The maximum atomic E-state index is 2.76. The zero-order valence-electron chi connectivity index (χ0n) is 18.1. The van der Waals surface area contributed by atoms with Gasteiger partial charge in [-0.2, -0.15) is 0 Å². The molecule has 0 radical (unpaired) electrons. The average Bonchev–Trinajstić information content (AvgIpc) is 3.08. The van der Waals surface area contributed by atoms with E-state index in [0.717, 1.165) is 35.5 Å². The SMILES string of the molecule is CC(C)CCC[C@@H](C)[C@@H]1CC[C@H]2[C@H]3C=C4C=CCC[C@]4(C)[C@@H]3CC[C@@]21C. The van der Waals surface area contributed by atoms with Crippen molar-refractivity contribution in [3.05, 3.63) is 23.8 Å². The van der Waals surface area contributed by atoms with Gasteiger partial charge in [0.25, 0.3) is 0 Å². The van der Waals surface area contributed by atoms with E-state index in [0.29, 0.717) is 10.8 Å². The van der Waals surface area contributed by atoms with E-state index in [9.17, 15) is 0 Å². The molecule has 146 valence electrons. The topological polar surface area (TPSA) is 0 Å². The van der Waals surface area contributed by atoms with Crippen LogP contribution in [-0.4, -0.2) is 0 Å². The summed E-state index contributed by atoms with van der Waals surface area (Å²) in [4.78, 5) is 0. The number of hydrogen-bond donors (Lipinski definition) is 0. The highest BCUT2D eigenvalue weighted by Crippen LogP contribution is 2.67. The van der Waals surface area contributed by atoms with E-state index in [1.807, 2.05) is 0 Å². The van der Waals surface area contributed by atoms with Crippen LogP contribution in [-0.2, 0) is 0 Å². The van der Waals surface area contributed by atoms with Crippen molar-refractivity contribution in [2.45, 2.75) is 92.4 Å². The summed E-state index contributed by atoms with van der Waals surface area (Å²) in [5.41, 5.74) is 2.82. The highest BCUT2D eigenvalue weighted by Gasteiger charge is 2.59. The molecule has 0 aromatic carbocycles. The predicted octanol–water partition coefficient (Wildman–Crippen LogP) is 7.80. The smallest absolute Gasteiger partial charge is 0.00415 e. The van der Waals surface area contributed by atoms with Crippen molar-refractivity contribution in [2.24, 2.45) is 46.3 Å². The Morgan fingerprint density at radius 2 is 1.81 bits per heavy atom. The van der Waals surface area contributed by atoms with Gasteiger partial charge in [0.2, 0.25) is 0 Å². The molecule has 2 fully saturated rings. The number of fused-ring (bicyclic) bond motifs is 5. The van der Waals surface area contributed by atoms with Gasteiger partial charge in [0.15, 0.2) is 0 Å². The third-order valence-corrected chi connectivity index (χ3v) is 9.51. The Bertz CT molecular complexity index is 581. The minimum Gasteiger partial charge on any atom is -0.0842 e. The van der Waals surface area contributed by atoms with Gasteiger partial charge in [-0.3, -0.25) is 0 Å². The molecule has 4 aliphatic carbocycles. The Morgan fingerprint density at radius 1 is 1.00 bits per heavy atom. The van der Waals surface area contributed by atoms with Crippen LogP contribution in [0.5, 0.6) is 0 Å². The molecular formula is C26H42. The molecule has 0 aromatic rings. The van der Waals surface area contributed by atoms with Crippen LogP contribution in [0.4, 0.5) is 0 Å². The van der Waals surface area contributed by atoms with Gasteiger partial charge in [0, 0.05) is 0 Å². The highest BCUT2D eigenvalue weighted by molar-refractivity contribution is 5.37. The molecule has 4 rings (SSSR count). The molecule has 0 unspecified atom stereocenters. The maximum absolute atomic E-state index is 2.76. The Labute approximate surface area is 162 Å². The molecule has 0 nitrogen and oxygen atoms in total. The minimum absolute atomic E-state index is 0.502. The van der Waals surface area contributed by atoms with E-state index in [1.165, 1.54) is 57.8 Å². The Hall–Kier alpha value is -0.520. The van der Waals surface area contributed by atoms with Gasteiger partial charge in [-0.25, -0.2) is 0 Å². The van der Waals surface area contributed by atoms with Crippen LogP contribution in [0.1, 0.15) is 92.4 Å². The van der Waals surface area contributed by atoms with Crippen LogP contribution < -0.4 is 0 Å². The van der Waals surface area contributed by atoms with Gasteiger partial charge in [-0.05, 0) is 90.4 Å². The summed E-state index contributed by atoms with van der Waals surface area (Å²) in [6, 6.07) is 0. The molecule has 4 aliphatic rings. The van der Waals surface area contributed by atoms with Gasteiger partial charge in [0.05, 0.1) is 0 Å². The molecule has 0 heteroatoms. The molecule has 0 bridgehead atoms. The molecule has 0 N–H and O–H groups in total. The third-order valence-electron chi connectivity index (χ3n) is 9.51. The monoisotopic (exact) mass is 354 g/mol. The average molecular weight is 355 g/mol. The normalized spacial score (nSPS) is 45.2. The van der Waals surface area contributed by atoms with Gasteiger partial charge < -0.3 is 0 Å². The van der Waals surface area contributed by atoms with Crippen LogP contribution in [0.15, 0.2) is 23.8 Å². The largest absolute Gasteiger partial charge is 0.0842 e. The van der Waals surface area contributed by atoms with Crippen LogP contribution >= 0.6 is 0 Å². The lowest BCUT2D eigenvalue weighted by atomic mass is 9.53. The molecule has 0 amide bonds. The first kappa shape index (κ1) is 18.8. The Balaban J connectivity index is 1.50. The van der Waals surface area contributed by atoms with Crippen LogP contribution in [0.25, 0.3) is 0 Å². The first-order valence-electron chi connectivity index (χ1n) is 11.7. The zero-order chi connectivity index (χ0) is 18.5. The number of rotatable bonds is 5. The second-order valence-corrected chi connectivity index (χ2v) is 11.3. The minimum atomic E-state index is 0.502. The summed E-state index contributed by atoms with van der Waals surface area (Å²) < 4.78 is 0. The predicted molar refractivity (Wildman–Crippen MR) is 113 cm³/mol. The van der Waals surface area contributed by atoms with Crippen molar-refractivity contribution in [1.29, 1.82) is 0 Å². The molecule has 26 heavy (non-hydrogen) atoms. The van der Waals surface area contributed by atoms with Crippen LogP contribution in [0.2, 0.25) is 0 Å². The highest BCUT2D eigenvalue weighted by atomic mass is 14.6. The fourth-order valence-electron chi connectivity index (χ4n) is 7.98. The standard InChI is InChI=1S/C26H42/c1-18(2)9-8-10-19(3)22-12-13-23-21-17-20-11-6-7-15-25(20,4)24(21)14-16-26(22,23)5/h6,11,17-19,21-24H,7-10,12-16H2,1-5H3/t19-,21-,22+,23+,24-,25+,26-/m1/s1. The third kappa shape index (κ3) is 2.85. The van der Waals surface area contributed by atoms with E-state index in [4.69, 9.17) is 0 Å². The summed E-state index contributed by atoms with van der Waals surface area (Å²) in [6.07, 6.45) is 20.7. The molecule has 0 saturated heterocycles. The summed E-state index contributed by atoms with van der Waals surface area (Å²) in [5, 5.41) is 0. The Morgan fingerprint density at radius 3 is 2.58 bits per heavy atom.